The third kappa shape index (κ3) is 6.67. The molecular formula is C8H6F3O. The topological polar surface area (TPSA) is 19.9 Å². The number of benzene rings is 1. The zero-order chi connectivity index (χ0) is 9.40. The number of halogens is 3. The normalized spacial score (nSPS) is 7.92. The van der Waals surface area contributed by atoms with Crippen LogP contribution in [0.1, 0.15) is 0 Å². The minimum atomic E-state index is -2.80. The van der Waals surface area contributed by atoms with Crippen LogP contribution in [0.2, 0.25) is 0 Å². The lowest BCUT2D eigenvalue weighted by Gasteiger charge is -1.69. The molecule has 0 unspecified atom stereocenters. The van der Waals surface area contributed by atoms with Gasteiger partial charge in [-0.25, -0.2) is 5.11 Å². The zero-order valence-electron chi connectivity index (χ0n) is 6.01. The first-order valence-electron chi connectivity index (χ1n) is 3.02. The van der Waals surface area contributed by atoms with E-state index >= 15 is 0 Å². The fourth-order valence-electron chi connectivity index (χ4n) is 0.385. The summed E-state index contributed by atoms with van der Waals surface area (Å²) in [6.45, 7) is 0. The molecule has 1 radical (unpaired) electrons. The Hall–Kier alpha value is -1.45. The van der Waals surface area contributed by atoms with Crippen molar-refractivity contribution in [2.24, 2.45) is 0 Å². The minimum Gasteiger partial charge on any atom is -0.250 e. The summed E-state index contributed by atoms with van der Waals surface area (Å²) in [4.78, 5) is 0. The van der Waals surface area contributed by atoms with Gasteiger partial charge in [-0.15, -0.1) is 0 Å². The highest BCUT2D eigenvalue weighted by molar-refractivity contribution is 4.99. The average molecular weight is 175 g/mol. The first-order valence-corrected chi connectivity index (χ1v) is 3.02. The molecule has 0 N–H and O–H groups in total. The van der Waals surface area contributed by atoms with Gasteiger partial charge in [-0.3, -0.25) is 0 Å². The molecule has 0 saturated heterocycles. The van der Waals surface area contributed by atoms with Crippen molar-refractivity contribution in [2.75, 3.05) is 0 Å². The van der Waals surface area contributed by atoms with Gasteiger partial charge in [-0.2, -0.15) is 13.2 Å². The van der Waals surface area contributed by atoms with E-state index in [1.807, 2.05) is 36.4 Å². The van der Waals surface area contributed by atoms with Crippen molar-refractivity contribution in [3.63, 3.8) is 0 Å². The van der Waals surface area contributed by atoms with Gasteiger partial charge in [-0.05, 0) is 0 Å². The van der Waals surface area contributed by atoms with Crippen LogP contribution in [-0.4, -0.2) is 0 Å². The number of hydrogen-bond donors (Lipinski definition) is 0. The van der Waals surface area contributed by atoms with E-state index < -0.39 is 12.1 Å². The van der Waals surface area contributed by atoms with Gasteiger partial charge < -0.3 is 0 Å². The third-order valence-corrected chi connectivity index (χ3v) is 0.815. The van der Waals surface area contributed by atoms with Crippen LogP contribution in [-0.2, 0) is 5.11 Å². The molecule has 1 rings (SSSR count). The van der Waals surface area contributed by atoms with Crippen LogP contribution >= 0.6 is 0 Å². The molecule has 0 aliphatic carbocycles. The van der Waals surface area contributed by atoms with Gasteiger partial charge in [0.15, 0.2) is 0 Å². The molecule has 1 nitrogen and oxygen atoms in total. The van der Waals surface area contributed by atoms with Crippen molar-refractivity contribution in [1.29, 1.82) is 0 Å². The maximum Gasteiger partial charge on any atom is 0.389 e. The molecule has 0 fully saturated rings. The molecule has 0 spiro atoms. The van der Waals surface area contributed by atoms with Crippen molar-refractivity contribution < 1.29 is 18.3 Å². The van der Waals surface area contributed by atoms with Crippen LogP contribution in [0.3, 0.4) is 0 Å². The van der Waals surface area contributed by atoms with E-state index in [-0.39, 0.29) is 0 Å². The molecule has 0 aliphatic heterocycles. The van der Waals surface area contributed by atoms with Crippen molar-refractivity contribution >= 4 is 0 Å². The minimum absolute atomic E-state index is 2.00. The second-order valence-corrected chi connectivity index (χ2v) is 1.69. The standard InChI is InChI=1S/C6H6.C2F3O/c1-2-4-6-5-3-1;3-1(4)2(5)6/h1-6H;. The Morgan fingerprint density at radius 1 is 0.750 bits per heavy atom. The molecule has 0 atom stereocenters. The van der Waals surface area contributed by atoms with Crippen LogP contribution < -0.4 is 0 Å². The third-order valence-electron chi connectivity index (χ3n) is 0.815. The van der Waals surface area contributed by atoms with Crippen LogP contribution in [0.4, 0.5) is 13.2 Å². The van der Waals surface area contributed by atoms with E-state index in [0.29, 0.717) is 0 Å². The van der Waals surface area contributed by atoms with Gasteiger partial charge >= 0.3 is 12.1 Å². The second kappa shape index (κ2) is 6.27. The summed E-state index contributed by atoms with van der Waals surface area (Å²) in [5.74, 6) is 0. The van der Waals surface area contributed by atoms with Crippen LogP contribution in [0, 0.1) is 0 Å². The largest absolute Gasteiger partial charge is 0.389 e. The molecule has 0 bridgehead atoms. The Kier molecular flexibility index (Phi) is 5.51. The van der Waals surface area contributed by atoms with E-state index in [9.17, 15) is 13.2 Å². The predicted molar refractivity (Wildman–Crippen MR) is 37.5 cm³/mol. The van der Waals surface area contributed by atoms with E-state index in [1.54, 1.807) is 0 Å². The van der Waals surface area contributed by atoms with Crippen molar-refractivity contribution in [1.82, 2.24) is 0 Å². The highest BCUT2D eigenvalue weighted by Crippen LogP contribution is 2.03. The quantitative estimate of drug-likeness (QED) is 0.540. The lowest BCUT2D eigenvalue weighted by Crippen LogP contribution is -1.62. The number of hydrogen-bond acceptors (Lipinski definition) is 0. The molecule has 1 aromatic rings. The lowest BCUT2D eigenvalue weighted by molar-refractivity contribution is 0.160. The highest BCUT2D eigenvalue weighted by Gasteiger charge is 2.00. The summed E-state index contributed by atoms with van der Waals surface area (Å²) in [6, 6.07) is 9.34. The summed E-state index contributed by atoms with van der Waals surface area (Å²) in [6.07, 6.45) is -2.80. The van der Waals surface area contributed by atoms with E-state index in [1.165, 1.54) is 0 Å². The number of rotatable bonds is 0. The first kappa shape index (κ1) is 10.6. The summed E-state index contributed by atoms with van der Waals surface area (Å²) in [5, 5.41) is 8.69. The second-order valence-electron chi connectivity index (χ2n) is 1.69. The first-order chi connectivity index (χ1) is 5.64. The van der Waals surface area contributed by atoms with Crippen LogP contribution in [0.5, 0.6) is 0 Å². The summed E-state index contributed by atoms with van der Waals surface area (Å²) < 4.78 is 31.1. The van der Waals surface area contributed by atoms with Crippen molar-refractivity contribution in [3.05, 3.63) is 48.5 Å². The van der Waals surface area contributed by atoms with E-state index in [2.05, 4.69) is 0 Å². The molecule has 65 valence electrons. The SMILES string of the molecule is [O]C(F)=C(F)F.c1ccccc1. The average Bonchev–Trinajstić information content (AvgIpc) is 2.08. The molecule has 0 aliphatic rings. The molecule has 12 heavy (non-hydrogen) atoms. The molecule has 1 aromatic carbocycles. The van der Waals surface area contributed by atoms with Crippen molar-refractivity contribution in [3.8, 4) is 0 Å². The van der Waals surface area contributed by atoms with E-state index in [0.717, 1.165) is 0 Å². The van der Waals surface area contributed by atoms with E-state index in [4.69, 9.17) is 5.11 Å². The molecule has 0 aromatic heterocycles. The van der Waals surface area contributed by atoms with Crippen LogP contribution in [0.25, 0.3) is 0 Å². The molecule has 0 saturated carbocycles. The zero-order valence-corrected chi connectivity index (χ0v) is 6.01. The molecule has 4 heteroatoms. The Morgan fingerprint density at radius 2 is 0.917 bits per heavy atom. The maximum atomic E-state index is 10.4. The Bertz CT molecular complexity index is 189. The molecular weight excluding hydrogens is 169 g/mol. The smallest absolute Gasteiger partial charge is 0.250 e. The lowest BCUT2D eigenvalue weighted by atomic mass is 10.4. The van der Waals surface area contributed by atoms with Gasteiger partial charge in [0.25, 0.3) is 0 Å². The van der Waals surface area contributed by atoms with Gasteiger partial charge in [0.1, 0.15) is 0 Å². The predicted octanol–water partition coefficient (Wildman–Crippen LogP) is 3.14. The van der Waals surface area contributed by atoms with Gasteiger partial charge in [0.05, 0.1) is 0 Å². The monoisotopic (exact) mass is 175 g/mol. The van der Waals surface area contributed by atoms with Crippen LogP contribution in [0.15, 0.2) is 48.5 Å². The van der Waals surface area contributed by atoms with Crippen molar-refractivity contribution in [2.45, 2.75) is 0 Å². The molecule has 0 heterocycles. The Labute approximate surface area is 67.8 Å². The summed E-state index contributed by atoms with van der Waals surface area (Å²) in [5.41, 5.74) is 0. The van der Waals surface area contributed by atoms with Gasteiger partial charge in [0, 0.05) is 0 Å². The highest BCUT2D eigenvalue weighted by atomic mass is 19.3. The summed E-state index contributed by atoms with van der Waals surface area (Å²) in [7, 11) is 0. The maximum absolute atomic E-state index is 10.4. The Morgan fingerprint density at radius 3 is 1.00 bits per heavy atom. The van der Waals surface area contributed by atoms with Gasteiger partial charge in [-0.1, -0.05) is 36.4 Å². The fourth-order valence-corrected chi connectivity index (χ4v) is 0.385. The molecule has 0 amide bonds. The fraction of sp³-hybridized carbons (Fsp3) is 0. The summed E-state index contributed by atoms with van der Waals surface area (Å²) >= 11 is 0. The Balaban J connectivity index is 0.000000202. The van der Waals surface area contributed by atoms with Gasteiger partial charge in [0.2, 0.25) is 0 Å².